The van der Waals surface area contributed by atoms with Crippen LogP contribution in [0.3, 0.4) is 0 Å². The van der Waals surface area contributed by atoms with Gasteiger partial charge in [-0.2, -0.15) is 0 Å². The molecule has 0 aliphatic rings. The molecule has 0 saturated heterocycles. The molecule has 0 aliphatic carbocycles. The average molecular weight is 203 g/mol. The number of aromatic nitrogens is 2. The van der Waals surface area contributed by atoms with Crippen molar-refractivity contribution in [2.24, 2.45) is 0 Å². The maximum absolute atomic E-state index is 11.2. The summed E-state index contributed by atoms with van der Waals surface area (Å²) in [6, 6.07) is 7.71. The summed E-state index contributed by atoms with van der Waals surface area (Å²) in [4.78, 5) is 13.8. The predicted molar refractivity (Wildman–Crippen MR) is 59.6 cm³/mol. The van der Waals surface area contributed by atoms with Gasteiger partial charge in [-0.15, -0.1) is 0 Å². The summed E-state index contributed by atoms with van der Waals surface area (Å²) in [7, 11) is 0. The second-order valence-electron chi connectivity index (χ2n) is 3.45. The molecule has 0 amide bonds. The first kappa shape index (κ1) is 9.58. The first-order chi connectivity index (χ1) is 7.25. The van der Waals surface area contributed by atoms with E-state index in [0.717, 1.165) is 17.7 Å². The number of anilines is 1. The number of nitrogens with one attached hydrogen (secondary N) is 1. The Balaban J connectivity index is 2.05. The first-order valence-corrected chi connectivity index (χ1v) is 4.84. The summed E-state index contributed by atoms with van der Waals surface area (Å²) < 4.78 is 1.64. The highest BCUT2D eigenvalue weighted by atomic mass is 16.1. The van der Waals surface area contributed by atoms with E-state index in [1.807, 2.05) is 24.3 Å². The van der Waals surface area contributed by atoms with Gasteiger partial charge in [-0.05, 0) is 24.1 Å². The molecule has 0 atom stereocenters. The minimum atomic E-state index is -0.0705. The van der Waals surface area contributed by atoms with Crippen LogP contribution >= 0.6 is 0 Å². The van der Waals surface area contributed by atoms with Crippen molar-refractivity contribution in [2.75, 3.05) is 5.73 Å². The molecule has 1 aromatic carbocycles. The number of hydrogen-bond donors (Lipinski definition) is 2. The Kier molecular flexibility index (Phi) is 2.58. The molecule has 15 heavy (non-hydrogen) atoms. The van der Waals surface area contributed by atoms with E-state index in [1.54, 1.807) is 17.0 Å². The average Bonchev–Trinajstić information content (AvgIpc) is 2.61. The lowest BCUT2D eigenvalue weighted by atomic mass is 10.1. The summed E-state index contributed by atoms with van der Waals surface area (Å²) in [5.74, 6) is 0. The van der Waals surface area contributed by atoms with Crippen LogP contribution in [0.4, 0.5) is 5.69 Å². The molecule has 0 unspecified atom stereocenters. The largest absolute Gasteiger partial charge is 0.399 e. The molecule has 0 bridgehead atoms. The van der Waals surface area contributed by atoms with E-state index >= 15 is 0 Å². The fraction of sp³-hybridized carbons (Fsp3) is 0.182. The van der Waals surface area contributed by atoms with Crippen LogP contribution in [0.5, 0.6) is 0 Å². The zero-order chi connectivity index (χ0) is 10.7. The highest BCUT2D eigenvalue weighted by Gasteiger charge is 1.97. The van der Waals surface area contributed by atoms with Crippen LogP contribution in [0.25, 0.3) is 0 Å². The van der Waals surface area contributed by atoms with Crippen LogP contribution in [-0.4, -0.2) is 9.55 Å². The SMILES string of the molecule is Nc1cccc(CCn2cc[nH]c2=O)c1. The van der Waals surface area contributed by atoms with Crippen LogP contribution in [0.1, 0.15) is 5.56 Å². The third-order valence-electron chi connectivity index (χ3n) is 2.31. The van der Waals surface area contributed by atoms with Crippen LogP contribution in [0, 0.1) is 0 Å². The number of imidazole rings is 1. The Morgan fingerprint density at radius 3 is 2.93 bits per heavy atom. The van der Waals surface area contributed by atoms with Gasteiger partial charge in [0.2, 0.25) is 0 Å². The number of nitrogens with zero attached hydrogens (tertiary/aromatic N) is 1. The molecule has 4 heteroatoms. The van der Waals surface area contributed by atoms with Gasteiger partial charge in [-0.25, -0.2) is 4.79 Å². The number of hydrogen-bond acceptors (Lipinski definition) is 2. The normalized spacial score (nSPS) is 10.4. The minimum Gasteiger partial charge on any atom is -0.399 e. The van der Waals surface area contributed by atoms with Crippen molar-refractivity contribution in [3.63, 3.8) is 0 Å². The van der Waals surface area contributed by atoms with Crippen LogP contribution < -0.4 is 11.4 Å². The zero-order valence-corrected chi connectivity index (χ0v) is 8.31. The molecule has 78 valence electrons. The molecule has 1 heterocycles. The van der Waals surface area contributed by atoms with Gasteiger partial charge in [0.15, 0.2) is 0 Å². The highest BCUT2D eigenvalue weighted by Crippen LogP contribution is 2.07. The Morgan fingerprint density at radius 2 is 2.27 bits per heavy atom. The van der Waals surface area contributed by atoms with Gasteiger partial charge in [0, 0.05) is 24.6 Å². The Labute approximate surface area is 87.4 Å². The smallest absolute Gasteiger partial charge is 0.325 e. The van der Waals surface area contributed by atoms with E-state index < -0.39 is 0 Å². The lowest BCUT2D eigenvalue weighted by molar-refractivity contribution is 0.672. The Bertz CT molecular complexity index is 498. The Hall–Kier alpha value is -1.97. The van der Waals surface area contributed by atoms with Gasteiger partial charge >= 0.3 is 5.69 Å². The third-order valence-corrected chi connectivity index (χ3v) is 2.31. The molecule has 4 nitrogen and oxygen atoms in total. The fourth-order valence-electron chi connectivity index (χ4n) is 1.52. The number of benzene rings is 1. The van der Waals surface area contributed by atoms with Gasteiger partial charge in [0.1, 0.15) is 0 Å². The molecule has 2 aromatic rings. The van der Waals surface area contributed by atoms with E-state index in [9.17, 15) is 4.79 Å². The number of rotatable bonds is 3. The maximum atomic E-state index is 11.2. The quantitative estimate of drug-likeness (QED) is 0.731. The highest BCUT2D eigenvalue weighted by molar-refractivity contribution is 5.40. The van der Waals surface area contributed by atoms with Crippen LogP contribution in [-0.2, 0) is 13.0 Å². The van der Waals surface area contributed by atoms with Crippen molar-refractivity contribution < 1.29 is 0 Å². The van der Waals surface area contributed by atoms with Gasteiger partial charge in [-0.1, -0.05) is 12.1 Å². The van der Waals surface area contributed by atoms with Gasteiger partial charge in [0.05, 0.1) is 0 Å². The summed E-state index contributed by atoms with van der Waals surface area (Å²) in [6.07, 6.45) is 4.19. The van der Waals surface area contributed by atoms with Crippen molar-refractivity contribution in [3.8, 4) is 0 Å². The van der Waals surface area contributed by atoms with E-state index in [1.165, 1.54) is 0 Å². The second kappa shape index (κ2) is 4.04. The van der Waals surface area contributed by atoms with Crippen molar-refractivity contribution in [1.82, 2.24) is 9.55 Å². The van der Waals surface area contributed by atoms with Crippen molar-refractivity contribution >= 4 is 5.69 Å². The van der Waals surface area contributed by atoms with Crippen molar-refractivity contribution in [2.45, 2.75) is 13.0 Å². The zero-order valence-electron chi connectivity index (χ0n) is 8.31. The van der Waals surface area contributed by atoms with E-state index in [4.69, 9.17) is 5.73 Å². The van der Waals surface area contributed by atoms with Gasteiger partial charge in [0.25, 0.3) is 0 Å². The molecule has 2 rings (SSSR count). The lowest BCUT2D eigenvalue weighted by Crippen LogP contribution is -2.17. The summed E-state index contributed by atoms with van der Waals surface area (Å²) in [5.41, 5.74) is 7.49. The minimum absolute atomic E-state index is 0.0705. The molecule has 0 radical (unpaired) electrons. The van der Waals surface area contributed by atoms with Crippen LogP contribution in [0.15, 0.2) is 41.5 Å². The molecular weight excluding hydrogens is 190 g/mol. The molecule has 0 saturated carbocycles. The number of H-pyrrole nitrogens is 1. The molecule has 1 aromatic heterocycles. The number of aromatic amines is 1. The topological polar surface area (TPSA) is 63.8 Å². The van der Waals surface area contributed by atoms with Gasteiger partial charge in [-0.3, -0.25) is 4.57 Å². The maximum Gasteiger partial charge on any atom is 0.325 e. The summed E-state index contributed by atoms with van der Waals surface area (Å²) in [6.45, 7) is 0.672. The van der Waals surface area contributed by atoms with E-state index in [2.05, 4.69) is 4.98 Å². The molecule has 0 aliphatic heterocycles. The van der Waals surface area contributed by atoms with Crippen molar-refractivity contribution in [3.05, 3.63) is 52.7 Å². The standard InChI is InChI=1S/C11H13N3O/c12-10-3-1-2-9(8-10)4-6-14-7-5-13-11(14)15/h1-3,5,7-8H,4,6,12H2,(H,13,15). The Morgan fingerprint density at radius 1 is 1.40 bits per heavy atom. The third kappa shape index (κ3) is 2.28. The second-order valence-corrected chi connectivity index (χ2v) is 3.45. The molecule has 0 spiro atoms. The number of nitrogens with two attached hydrogens (primary N) is 1. The fourth-order valence-corrected chi connectivity index (χ4v) is 1.52. The molecular formula is C11H13N3O. The molecule has 3 N–H and O–H groups in total. The summed E-state index contributed by atoms with van der Waals surface area (Å²) in [5, 5.41) is 0. The number of nitrogen functional groups attached to an aromatic ring is 1. The van der Waals surface area contributed by atoms with Gasteiger partial charge < -0.3 is 10.7 Å². The number of aryl methyl sites for hydroxylation is 2. The predicted octanol–water partition coefficient (Wildman–Crippen LogP) is 1.00. The van der Waals surface area contributed by atoms with Crippen molar-refractivity contribution in [1.29, 1.82) is 0 Å². The lowest BCUT2D eigenvalue weighted by Gasteiger charge is -2.02. The monoisotopic (exact) mass is 203 g/mol. The van der Waals surface area contributed by atoms with Crippen LogP contribution in [0.2, 0.25) is 0 Å². The van der Waals surface area contributed by atoms with E-state index in [-0.39, 0.29) is 5.69 Å². The van der Waals surface area contributed by atoms with E-state index in [0.29, 0.717) is 6.54 Å². The molecule has 0 fully saturated rings. The first-order valence-electron chi connectivity index (χ1n) is 4.84. The summed E-state index contributed by atoms with van der Waals surface area (Å²) >= 11 is 0.